The molecule has 6 nitrogen and oxygen atoms in total. The molecular weight excluding hydrogens is 418 g/mol. The van der Waals surface area contributed by atoms with Gasteiger partial charge in [0, 0.05) is 11.1 Å². The van der Waals surface area contributed by atoms with Crippen molar-refractivity contribution >= 4 is 17.7 Å². The molecule has 3 rings (SSSR count). The summed E-state index contributed by atoms with van der Waals surface area (Å²) in [6.07, 6.45) is 0.370. The first-order valence-corrected chi connectivity index (χ1v) is 10.8. The molecule has 2 N–H and O–H groups in total. The van der Waals surface area contributed by atoms with Gasteiger partial charge < -0.3 is 15.2 Å². The molecule has 170 valence electrons. The van der Waals surface area contributed by atoms with Crippen LogP contribution in [0.5, 0.6) is 0 Å². The highest BCUT2D eigenvalue weighted by Crippen LogP contribution is 2.20. The van der Waals surface area contributed by atoms with Crippen LogP contribution in [0.1, 0.15) is 39.9 Å². The second kappa shape index (κ2) is 11.7. The minimum Gasteiger partial charge on any atom is -0.462 e. The van der Waals surface area contributed by atoms with Crippen LogP contribution in [-0.2, 0) is 25.5 Å². The van der Waals surface area contributed by atoms with Crippen LogP contribution in [0, 0.1) is 0 Å². The minimum absolute atomic E-state index is 0.0738. The average Bonchev–Trinajstić information content (AvgIpc) is 2.86. The molecule has 0 aromatic heterocycles. The highest BCUT2D eigenvalue weighted by atomic mass is 16.6. The molecule has 2 atom stereocenters. The summed E-state index contributed by atoms with van der Waals surface area (Å²) < 4.78 is 10.4. The second-order valence-corrected chi connectivity index (χ2v) is 7.67. The molecule has 0 aliphatic heterocycles. The van der Waals surface area contributed by atoms with Crippen LogP contribution in [0.2, 0.25) is 0 Å². The number of carbonyl (C=O) groups excluding carboxylic acids is 3. The molecule has 0 aliphatic rings. The van der Waals surface area contributed by atoms with Gasteiger partial charge in [0.05, 0.1) is 5.92 Å². The van der Waals surface area contributed by atoms with Crippen LogP contribution in [0.15, 0.2) is 84.9 Å². The van der Waals surface area contributed by atoms with Crippen molar-refractivity contribution in [1.29, 1.82) is 0 Å². The maximum absolute atomic E-state index is 12.7. The van der Waals surface area contributed by atoms with Gasteiger partial charge in [-0.15, -0.1) is 0 Å². The first-order valence-electron chi connectivity index (χ1n) is 10.8. The van der Waals surface area contributed by atoms with Crippen LogP contribution in [0.3, 0.4) is 0 Å². The Morgan fingerprint density at radius 2 is 1.33 bits per heavy atom. The lowest BCUT2D eigenvalue weighted by Crippen LogP contribution is -2.35. The molecule has 0 aliphatic carbocycles. The van der Waals surface area contributed by atoms with E-state index in [1.165, 1.54) is 0 Å². The molecule has 3 aromatic rings. The Labute approximate surface area is 193 Å². The molecule has 1 unspecified atom stereocenters. The van der Waals surface area contributed by atoms with Crippen molar-refractivity contribution in [1.82, 2.24) is 0 Å². The van der Waals surface area contributed by atoms with E-state index in [0.717, 1.165) is 5.56 Å². The van der Waals surface area contributed by atoms with E-state index >= 15 is 0 Å². The molecule has 0 radical (unpaired) electrons. The zero-order valence-electron chi connectivity index (χ0n) is 18.5. The van der Waals surface area contributed by atoms with Gasteiger partial charge in [-0.05, 0) is 30.5 Å². The average molecular weight is 446 g/mol. The van der Waals surface area contributed by atoms with Gasteiger partial charge in [0.1, 0.15) is 19.3 Å². The quantitative estimate of drug-likeness (QED) is 0.291. The van der Waals surface area contributed by atoms with E-state index in [9.17, 15) is 14.4 Å². The van der Waals surface area contributed by atoms with Gasteiger partial charge in [0.2, 0.25) is 0 Å². The third-order valence-electron chi connectivity index (χ3n) is 5.21. The van der Waals surface area contributed by atoms with Gasteiger partial charge in [0.15, 0.2) is 5.78 Å². The topological polar surface area (TPSA) is 95.7 Å². The molecule has 0 saturated carbocycles. The largest absolute Gasteiger partial charge is 0.462 e. The summed E-state index contributed by atoms with van der Waals surface area (Å²) in [7, 11) is 0. The van der Waals surface area contributed by atoms with E-state index in [0.29, 0.717) is 23.1 Å². The van der Waals surface area contributed by atoms with Gasteiger partial charge in [-0.3, -0.25) is 14.4 Å². The zero-order chi connectivity index (χ0) is 23.6. The Morgan fingerprint density at radius 1 is 0.758 bits per heavy atom. The van der Waals surface area contributed by atoms with Crippen molar-refractivity contribution < 1.29 is 23.9 Å². The van der Waals surface area contributed by atoms with Gasteiger partial charge >= 0.3 is 11.9 Å². The predicted molar refractivity (Wildman–Crippen MR) is 125 cm³/mol. The first-order chi connectivity index (χ1) is 16.0. The maximum Gasteiger partial charge on any atom is 0.323 e. The Balaban J connectivity index is 1.47. The van der Waals surface area contributed by atoms with Crippen molar-refractivity contribution in [3.8, 4) is 0 Å². The summed E-state index contributed by atoms with van der Waals surface area (Å²) in [6, 6.07) is 24.5. The fraction of sp³-hybridized carbons (Fsp3) is 0.222. The molecule has 0 bridgehead atoms. The van der Waals surface area contributed by atoms with E-state index in [1.54, 1.807) is 55.5 Å². The number of rotatable bonds is 10. The Bertz CT molecular complexity index is 1080. The van der Waals surface area contributed by atoms with Crippen LogP contribution in [0.4, 0.5) is 0 Å². The van der Waals surface area contributed by atoms with E-state index < -0.39 is 23.9 Å². The molecular formula is C27H27NO5. The first kappa shape index (κ1) is 23.9. The minimum atomic E-state index is -0.785. The Kier molecular flexibility index (Phi) is 8.49. The van der Waals surface area contributed by atoms with Gasteiger partial charge in [0.25, 0.3) is 0 Å². The number of hydrogen-bond donors (Lipinski definition) is 1. The second-order valence-electron chi connectivity index (χ2n) is 7.67. The van der Waals surface area contributed by atoms with Gasteiger partial charge in [-0.1, -0.05) is 78.9 Å². The molecule has 0 spiro atoms. The summed E-state index contributed by atoms with van der Waals surface area (Å²) in [5.74, 6) is -1.71. The van der Waals surface area contributed by atoms with Crippen molar-refractivity contribution in [3.05, 3.63) is 107 Å². The lowest BCUT2D eigenvalue weighted by atomic mass is 9.96. The SMILES string of the molecule is CC(C(=O)OCCOC(=O)[C@@H](N)Cc1ccccc1)c1cccc(C(=O)c2ccccc2)c1. The van der Waals surface area contributed by atoms with Crippen molar-refractivity contribution in [2.75, 3.05) is 13.2 Å². The van der Waals surface area contributed by atoms with Crippen LogP contribution in [-0.4, -0.2) is 37.0 Å². The summed E-state index contributed by atoms with van der Waals surface area (Å²) in [5, 5.41) is 0. The predicted octanol–water partition coefficient (Wildman–Crippen LogP) is 3.68. The van der Waals surface area contributed by atoms with E-state index in [-0.39, 0.29) is 19.0 Å². The highest BCUT2D eigenvalue weighted by Gasteiger charge is 2.20. The van der Waals surface area contributed by atoms with Crippen LogP contribution < -0.4 is 5.73 Å². The maximum atomic E-state index is 12.7. The van der Waals surface area contributed by atoms with Crippen LogP contribution >= 0.6 is 0 Å². The molecule has 0 amide bonds. The summed E-state index contributed by atoms with van der Waals surface area (Å²) >= 11 is 0. The van der Waals surface area contributed by atoms with Crippen molar-refractivity contribution in [3.63, 3.8) is 0 Å². The molecule has 33 heavy (non-hydrogen) atoms. The third-order valence-corrected chi connectivity index (χ3v) is 5.21. The number of esters is 2. The fourth-order valence-corrected chi connectivity index (χ4v) is 3.31. The third kappa shape index (κ3) is 6.85. The Morgan fingerprint density at radius 3 is 2.00 bits per heavy atom. The Hall–Kier alpha value is -3.77. The number of benzene rings is 3. The molecule has 3 aromatic carbocycles. The van der Waals surface area contributed by atoms with E-state index in [1.807, 2.05) is 36.4 Å². The monoisotopic (exact) mass is 445 g/mol. The number of carbonyl (C=O) groups is 3. The van der Waals surface area contributed by atoms with Gasteiger partial charge in [-0.2, -0.15) is 0 Å². The highest BCUT2D eigenvalue weighted by molar-refractivity contribution is 6.09. The number of hydrogen-bond acceptors (Lipinski definition) is 6. The van der Waals surface area contributed by atoms with E-state index in [2.05, 4.69) is 0 Å². The molecule has 6 heteroatoms. The summed E-state index contributed by atoms with van der Waals surface area (Å²) in [6.45, 7) is 1.55. The fourth-order valence-electron chi connectivity index (χ4n) is 3.31. The summed E-state index contributed by atoms with van der Waals surface area (Å²) in [4.78, 5) is 37.1. The number of ketones is 1. The normalized spacial score (nSPS) is 12.4. The van der Waals surface area contributed by atoms with Crippen molar-refractivity contribution in [2.45, 2.75) is 25.3 Å². The summed E-state index contributed by atoms with van der Waals surface area (Å²) in [5.41, 5.74) is 8.58. The number of ether oxygens (including phenoxy) is 2. The van der Waals surface area contributed by atoms with E-state index in [4.69, 9.17) is 15.2 Å². The molecule has 0 saturated heterocycles. The van der Waals surface area contributed by atoms with Gasteiger partial charge in [-0.25, -0.2) is 0 Å². The van der Waals surface area contributed by atoms with Crippen molar-refractivity contribution in [2.24, 2.45) is 5.73 Å². The molecule has 0 heterocycles. The zero-order valence-corrected chi connectivity index (χ0v) is 18.5. The molecule has 0 fully saturated rings. The van der Waals surface area contributed by atoms with Crippen LogP contribution in [0.25, 0.3) is 0 Å². The lowest BCUT2D eigenvalue weighted by Gasteiger charge is -2.14. The number of nitrogens with two attached hydrogens (primary N) is 1. The lowest BCUT2D eigenvalue weighted by molar-refractivity contribution is -0.153. The standard InChI is InChI=1S/C27H27NO5/c1-19(22-13-8-14-23(18-22)25(29)21-11-6-3-7-12-21)26(30)32-15-16-33-27(31)24(28)17-20-9-4-2-5-10-20/h2-14,18-19,24H,15-17,28H2,1H3/t19?,24-/m0/s1. The smallest absolute Gasteiger partial charge is 0.323 e.